The van der Waals surface area contributed by atoms with Crippen LogP contribution in [-0.2, 0) is 4.74 Å². The highest BCUT2D eigenvalue weighted by atomic mass is 79.9. The van der Waals surface area contributed by atoms with Gasteiger partial charge in [0.2, 0.25) is 0 Å². The molecule has 4 nitrogen and oxygen atoms in total. The summed E-state index contributed by atoms with van der Waals surface area (Å²) in [4.78, 5) is 0. The largest absolute Gasteiger partial charge is 0.389 e. The van der Waals surface area contributed by atoms with Gasteiger partial charge in [-0.3, -0.25) is 0 Å². The second-order valence-corrected chi connectivity index (χ2v) is 6.18. The van der Waals surface area contributed by atoms with Gasteiger partial charge < -0.3 is 15.2 Å². The number of nitriles is 1. The lowest BCUT2D eigenvalue weighted by atomic mass is 10.2. The maximum absolute atomic E-state index is 9.82. The molecule has 104 valence electrons. The summed E-state index contributed by atoms with van der Waals surface area (Å²) in [6.07, 6.45) is -0.621. The van der Waals surface area contributed by atoms with Gasteiger partial charge in [0.15, 0.2) is 0 Å². The summed E-state index contributed by atoms with van der Waals surface area (Å²) in [6, 6.07) is 7.46. The number of aliphatic hydroxyl groups is 1. The molecule has 1 aromatic rings. The summed E-state index contributed by atoms with van der Waals surface area (Å²) in [7, 11) is 0. The molecule has 0 spiro atoms. The first-order chi connectivity index (χ1) is 8.81. The maximum atomic E-state index is 9.82. The predicted molar refractivity (Wildman–Crippen MR) is 79.1 cm³/mol. The first kappa shape index (κ1) is 16.0. The van der Waals surface area contributed by atoms with E-state index in [2.05, 4.69) is 27.3 Å². The summed E-state index contributed by atoms with van der Waals surface area (Å²) in [5, 5.41) is 21.9. The molecule has 1 rings (SSSR count). The molecule has 0 bridgehead atoms. The Bertz CT molecular complexity index is 463. The minimum absolute atomic E-state index is 0.256. The van der Waals surface area contributed by atoms with Crippen molar-refractivity contribution in [3.05, 3.63) is 28.2 Å². The summed E-state index contributed by atoms with van der Waals surface area (Å²) in [5.74, 6) is 0. The Hall–Kier alpha value is -1.09. The Labute approximate surface area is 122 Å². The zero-order valence-electron chi connectivity index (χ0n) is 11.4. The molecule has 1 unspecified atom stereocenters. The zero-order chi connectivity index (χ0) is 14.5. The van der Waals surface area contributed by atoms with E-state index in [1.54, 1.807) is 6.07 Å². The summed E-state index contributed by atoms with van der Waals surface area (Å²) in [5.41, 5.74) is 0.980. The van der Waals surface area contributed by atoms with E-state index in [0.717, 1.165) is 4.47 Å². The molecule has 2 N–H and O–H groups in total. The lowest BCUT2D eigenvalue weighted by Gasteiger charge is -2.22. The number of nitrogens with one attached hydrogen (secondary N) is 1. The third-order valence-electron chi connectivity index (χ3n) is 2.34. The zero-order valence-corrected chi connectivity index (χ0v) is 13.0. The Kier molecular flexibility index (Phi) is 5.80. The van der Waals surface area contributed by atoms with Crippen LogP contribution in [0.15, 0.2) is 22.7 Å². The molecule has 0 heterocycles. The SMILES string of the molecule is CC(C)(C)OCC(O)CNc1cc(Br)ccc1C#N. The van der Waals surface area contributed by atoms with Crippen molar-refractivity contribution >= 4 is 21.6 Å². The molecule has 19 heavy (non-hydrogen) atoms. The van der Waals surface area contributed by atoms with Gasteiger partial charge in [-0.05, 0) is 39.0 Å². The fourth-order valence-electron chi connectivity index (χ4n) is 1.39. The molecule has 0 saturated carbocycles. The molecular formula is C14H19BrN2O2. The van der Waals surface area contributed by atoms with Crippen molar-refractivity contribution in [1.82, 2.24) is 0 Å². The van der Waals surface area contributed by atoms with Gasteiger partial charge >= 0.3 is 0 Å². The van der Waals surface area contributed by atoms with Gasteiger partial charge in [-0.15, -0.1) is 0 Å². The fraction of sp³-hybridized carbons (Fsp3) is 0.500. The van der Waals surface area contributed by atoms with Gasteiger partial charge in [0, 0.05) is 11.0 Å². The van der Waals surface area contributed by atoms with Gasteiger partial charge in [-0.2, -0.15) is 5.26 Å². The summed E-state index contributed by atoms with van der Waals surface area (Å²) >= 11 is 3.35. The van der Waals surface area contributed by atoms with Gasteiger partial charge in [0.05, 0.1) is 29.6 Å². The Morgan fingerprint density at radius 3 is 2.74 bits per heavy atom. The average Bonchev–Trinajstić information content (AvgIpc) is 2.33. The quantitative estimate of drug-likeness (QED) is 0.873. The monoisotopic (exact) mass is 326 g/mol. The first-order valence-electron chi connectivity index (χ1n) is 6.07. The van der Waals surface area contributed by atoms with Gasteiger partial charge in [-0.25, -0.2) is 0 Å². The van der Waals surface area contributed by atoms with Gasteiger partial charge in [-0.1, -0.05) is 15.9 Å². The van der Waals surface area contributed by atoms with E-state index in [4.69, 9.17) is 10.00 Å². The number of halogens is 1. The minimum atomic E-state index is -0.621. The van der Waals surface area contributed by atoms with Crippen molar-refractivity contribution in [2.75, 3.05) is 18.5 Å². The normalized spacial score (nSPS) is 12.8. The fourth-order valence-corrected chi connectivity index (χ4v) is 1.75. The van der Waals surface area contributed by atoms with Crippen LogP contribution in [-0.4, -0.2) is 30.0 Å². The number of rotatable bonds is 5. The van der Waals surface area contributed by atoms with Crippen LogP contribution in [0.3, 0.4) is 0 Å². The average molecular weight is 327 g/mol. The summed E-state index contributed by atoms with van der Waals surface area (Å²) in [6.45, 7) is 6.41. The second-order valence-electron chi connectivity index (χ2n) is 5.26. The molecule has 1 atom stereocenters. The number of ether oxygens (including phenoxy) is 1. The molecule has 1 aromatic carbocycles. The second kappa shape index (κ2) is 6.90. The molecule has 0 saturated heterocycles. The van der Waals surface area contributed by atoms with Crippen molar-refractivity contribution < 1.29 is 9.84 Å². The van der Waals surface area contributed by atoms with Crippen LogP contribution in [0.25, 0.3) is 0 Å². The smallest absolute Gasteiger partial charge is 0.101 e. The number of hydrogen-bond donors (Lipinski definition) is 2. The minimum Gasteiger partial charge on any atom is -0.389 e. The van der Waals surface area contributed by atoms with Crippen LogP contribution in [0.1, 0.15) is 26.3 Å². The van der Waals surface area contributed by atoms with E-state index in [1.807, 2.05) is 32.9 Å². The first-order valence-corrected chi connectivity index (χ1v) is 6.86. The standard InChI is InChI=1S/C14H19BrN2O2/c1-14(2,3)19-9-12(18)8-17-13-6-11(15)5-4-10(13)7-16/h4-6,12,17-18H,8-9H2,1-3H3. The Balaban J connectivity index is 2.53. The highest BCUT2D eigenvalue weighted by Crippen LogP contribution is 2.20. The highest BCUT2D eigenvalue weighted by molar-refractivity contribution is 9.10. The van der Waals surface area contributed by atoms with Crippen LogP contribution in [0.4, 0.5) is 5.69 Å². The van der Waals surface area contributed by atoms with E-state index < -0.39 is 6.10 Å². The van der Waals surface area contributed by atoms with E-state index in [1.165, 1.54) is 0 Å². The highest BCUT2D eigenvalue weighted by Gasteiger charge is 2.14. The van der Waals surface area contributed by atoms with Gasteiger partial charge in [0.1, 0.15) is 6.07 Å². The number of hydrogen-bond acceptors (Lipinski definition) is 4. The van der Waals surface area contributed by atoms with E-state index >= 15 is 0 Å². The van der Waals surface area contributed by atoms with Crippen LogP contribution in [0.2, 0.25) is 0 Å². The number of nitrogens with zero attached hydrogens (tertiary/aromatic N) is 1. The maximum Gasteiger partial charge on any atom is 0.101 e. The number of anilines is 1. The molecule has 0 amide bonds. The van der Waals surface area contributed by atoms with Crippen molar-refractivity contribution in [1.29, 1.82) is 5.26 Å². The molecule has 0 radical (unpaired) electrons. The van der Waals surface area contributed by atoms with Crippen LogP contribution in [0, 0.1) is 11.3 Å². The van der Waals surface area contributed by atoms with E-state index in [9.17, 15) is 5.11 Å². The lowest BCUT2D eigenvalue weighted by Crippen LogP contribution is -2.30. The van der Waals surface area contributed by atoms with E-state index in [-0.39, 0.29) is 12.2 Å². The Morgan fingerprint density at radius 1 is 1.47 bits per heavy atom. The number of aliphatic hydroxyl groups excluding tert-OH is 1. The molecule has 0 aromatic heterocycles. The third-order valence-corrected chi connectivity index (χ3v) is 2.83. The topological polar surface area (TPSA) is 65.3 Å². The molecule has 5 heteroatoms. The van der Waals surface area contributed by atoms with Crippen molar-refractivity contribution in [2.24, 2.45) is 0 Å². The molecule has 0 fully saturated rings. The molecule has 0 aliphatic carbocycles. The van der Waals surface area contributed by atoms with E-state index in [0.29, 0.717) is 17.8 Å². The third kappa shape index (κ3) is 6.06. The molecule has 0 aliphatic heterocycles. The Morgan fingerprint density at radius 2 is 2.16 bits per heavy atom. The van der Waals surface area contributed by atoms with Crippen molar-refractivity contribution in [2.45, 2.75) is 32.5 Å². The molecular weight excluding hydrogens is 308 g/mol. The van der Waals surface area contributed by atoms with Gasteiger partial charge in [0.25, 0.3) is 0 Å². The number of benzene rings is 1. The lowest BCUT2D eigenvalue weighted by molar-refractivity contribution is -0.0449. The van der Waals surface area contributed by atoms with Crippen molar-refractivity contribution in [3.63, 3.8) is 0 Å². The van der Waals surface area contributed by atoms with Crippen molar-refractivity contribution in [3.8, 4) is 6.07 Å². The van der Waals surface area contributed by atoms with Crippen LogP contribution >= 0.6 is 15.9 Å². The van der Waals surface area contributed by atoms with Crippen LogP contribution in [0.5, 0.6) is 0 Å². The summed E-state index contributed by atoms with van der Waals surface area (Å²) < 4.78 is 6.38. The van der Waals surface area contributed by atoms with Crippen LogP contribution < -0.4 is 5.32 Å². The molecule has 0 aliphatic rings. The predicted octanol–water partition coefficient (Wildman–Crippen LogP) is 2.91.